The van der Waals surface area contributed by atoms with Crippen LogP contribution in [-0.4, -0.2) is 98.6 Å². The maximum atomic E-state index is 10.8. The molecule has 0 bridgehead atoms. The van der Waals surface area contributed by atoms with Gasteiger partial charge in [0.15, 0.2) is 0 Å². The second-order valence-corrected chi connectivity index (χ2v) is 8.58. The van der Waals surface area contributed by atoms with Gasteiger partial charge in [-0.15, -0.1) is 40.8 Å². The third kappa shape index (κ3) is 8.50. The number of nitrogens with zero attached hydrogens (tertiary/aromatic N) is 14. The van der Waals surface area contributed by atoms with E-state index in [4.69, 9.17) is 5.11 Å². The summed E-state index contributed by atoms with van der Waals surface area (Å²) in [4.78, 5) is 35.1. The van der Waals surface area contributed by atoms with Crippen LogP contribution in [0.25, 0.3) is 46.3 Å². The average Bonchev–Trinajstić information content (AvgIpc) is 3.09. The van der Waals surface area contributed by atoms with E-state index in [-0.39, 0.29) is 34.0 Å². The molecule has 0 atom stereocenters. The van der Waals surface area contributed by atoms with E-state index in [9.17, 15) is 4.79 Å². The summed E-state index contributed by atoms with van der Waals surface area (Å²) in [5.74, 6) is 0.510. The number of aromatic carboxylic acids is 1. The third-order valence-corrected chi connectivity index (χ3v) is 5.75. The highest BCUT2D eigenvalue weighted by Crippen LogP contribution is 2.14. The summed E-state index contributed by atoms with van der Waals surface area (Å²) in [6, 6.07) is 9.30. The van der Waals surface area contributed by atoms with Gasteiger partial charge in [-0.1, -0.05) is 26.0 Å². The van der Waals surface area contributed by atoms with Gasteiger partial charge in [-0.2, -0.15) is 0 Å². The Morgan fingerprint density at radius 3 is 1.29 bits per heavy atom. The minimum atomic E-state index is -1.11. The second-order valence-electron chi connectivity index (χ2n) is 8.58. The first-order valence-corrected chi connectivity index (χ1v) is 12.9. The van der Waals surface area contributed by atoms with Gasteiger partial charge < -0.3 is 5.11 Å². The van der Waals surface area contributed by atoms with Crippen LogP contribution in [0.2, 0.25) is 0 Å². The summed E-state index contributed by atoms with van der Waals surface area (Å²) < 4.78 is 0. The van der Waals surface area contributed by atoms with Crippen molar-refractivity contribution in [3.63, 3.8) is 0 Å². The zero-order valence-electron chi connectivity index (χ0n) is 24.0. The molecule has 1 N–H and O–H groups in total. The van der Waals surface area contributed by atoms with Gasteiger partial charge in [0.25, 0.3) is 0 Å². The minimum Gasteiger partial charge on any atom is -0.478 e. The van der Waals surface area contributed by atoms with E-state index in [0.717, 1.165) is 24.0 Å². The molecule has 6 heterocycles. The predicted octanol–water partition coefficient (Wildman–Crippen LogP) is 1.63. The average molecular weight is 596 g/mol. The molecule has 16 nitrogen and oxygen atoms in total. The number of aromatic nitrogens is 14. The highest BCUT2D eigenvalue weighted by Gasteiger charge is 2.12. The van der Waals surface area contributed by atoms with Crippen LogP contribution in [0.4, 0.5) is 0 Å². The number of pyridine rings is 2. The van der Waals surface area contributed by atoms with Crippen LogP contribution < -0.4 is 0 Å². The Labute approximate surface area is 260 Å². The number of carboxylic acids is 1. The lowest BCUT2D eigenvalue weighted by Crippen LogP contribution is -2.04. The Morgan fingerprint density at radius 2 is 0.933 bits per heavy atom. The summed E-state index contributed by atoms with van der Waals surface area (Å²) in [6.45, 7) is 4.12. The molecule has 6 radical (unpaired) electrons. The van der Waals surface area contributed by atoms with E-state index in [1.165, 1.54) is 12.4 Å². The van der Waals surface area contributed by atoms with Gasteiger partial charge >= 0.3 is 5.97 Å². The first kappa shape index (κ1) is 33.4. The number of rotatable bonds is 7. The molecule has 0 aliphatic rings. The molecule has 6 rings (SSSR count). The first-order valence-electron chi connectivity index (χ1n) is 12.9. The molecular weight excluding hydrogens is 574 g/mol. The topological polar surface area (TPSA) is 218 Å². The fraction of sp³-hybridized carbons (Fsp3) is 0.148. The molecule has 218 valence electrons. The van der Waals surface area contributed by atoms with Crippen molar-refractivity contribution < 1.29 is 9.90 Å². The van der Waals surface area contributed by atoms with Crippen LogP contribution in [0.15, 0.2) is 67.5 Å². The molecule has 45 heavy (non-hydrogen) atoms. The SMILES string of the molecule is CCc1ccc(-c2nnc(-c3ncc(C(=O)O)cn3)nn2)nc1.CCc1ccc(-c2nnc(-c3ncccn3)nn2)nc1.[B].[B]. The molecule has 18 heteroatoms. The predicted molar refractivity (Wildman–Crippen MR) is 161 cm³/mol. The summed E-state index contributed by atoms with van der Waals surface area (Å²) >= 11 is 0. The smallest absolute Gasteiger partial charge is 0.338 e. The van der Waals surface area contributed by atoms with Gasteiger partial charge in [0.05, 0.1) is 5.56 Å². The van der Waals surface area contributed by atoms with E-state index >= 15 is 0 Å². The lowest BCUT2D eigenvalue weighted by atomic mass is 10.2. The Bertz CT molecular complexity index is 1780. The molecule has 6 aromatic rings. The summed E-state index contributed by atoms with van der Waals surface area (Å²) in [6.07, 6.45) is 11.0. The minimum absolute atomic E-state index is 0. The van der Waals surface area contributed by atoms with Gasteiger partial charge in [0.1, 0.15) is 11.4 Å². The molecule has 0 aliphatic heterocycles. The highest BCUT2D eigenvalue weighted by atomic mass is 16.4. The standard InChI is InChI=1S/C14H11N7O2.C13H11N7.2B/c1-2-8-3-4-10(15-5-8)11-18-20-13(21-19-11)12-16-6-9(7-17-12)14(22)23;1-2-9-4-5-10(16-8-9)11-17-19-13(20-18-11)12-14-6-3-7-15-12;;/h3-7H,2H2,1H3,(H,22,23);3-8H,2H2,1H3;;. The Morgan fingerprint density at radius 1 is 0.533 bits per heavy atom. The van der Waals surface area contributed by atoms with Crippen LogP contribution in [0, 0.1) is 0 Å². The second kappa shape index (κ2) is 16.0. The van der Waals surface area contributed by atoms with E-state index in [1.54, 1.807) is 36.9 Å². The summed E-state index contributed by atoms with van der Waals surface area (Å²) in [5.41, 5.74) is 3.45. The van der Waals surface area contributed by atoms with Crippen LogP contribution in [0.1, 0.15) is 35.3 Å². The fourth-order valence-corrected chi connectivity index (χ4v) is 3.34. The van der Waals surface area contributed by atoms with Crippen LogP contribution in [-0.2, 0) is 12.8 Å². The van der Waals surface area contributed by atoms with Crippen molar-refractivity contribution in [3.8, 4) is 46.3 Å². The van der Waals surface area contributed by atoms with E-state index < -0.39 is 5.97 Å². The normalized spacial score (nSPS) is 10.0. The number of aryl methyl sites for hydroxylation is 2. The Hall–Kier alpha value is -6.06. The van der Waals surface area contributed by atoms with E-state index in [1.807, 2.05) is 25.1 Å². The molecular formula is C27H22B2N14O2. The van der Waals surface area contributed by atoms with E-state index in [0.29, 0.717) is 34.7 Å². The Kier molecular flexibility index (Phi) is 11.9. The van der Waals surface area contributed by atoms with Gasteiger partial charge in [0, 0.05) is 54.0 Å². The van der Waals surface area contributed by atoms with Crippen LogP contribution in [0.5, 0.6) is 0 Å². The quantitative estimate of drug-likeness (QED) is 0.259. The maximum absolute atomic E-state index is 10.8. The Balaban J connectivity index is 0.000000237. The lowest BCUT2D eigenvalue weighted by molar-refractivity contribution is 0.0696. The van der Waals surface area contributed by atoms with Gasteiger partial charge in [-0.3, -0.25) is 9.97 Å². The van der Waals surface area contributed by atoms with Crippen LogP contribution in [0.3, 0.4) is 0 Å². The lowest BCUT2D eigenvalue weighted by Gasteiger charge is -2.01. The molecule has 0 aromatic carbocycles. The molecule has 0 saturated heterocycles. The molecule has 0 saturated carbocycles. The molecule has 0 spiro atoms. The molecule has 0 amide bonds. The monoisotopic (exact) mass is 596 g/mol. The van der Waals surface area contributed by atoms with Crippen molar-refractivity contribution in [3.05, 3.63) is 84.2 Å². The van der Waals surface area contributed by atoms with Crippen molar-refractivity contribution in [2.45, 2.75) is 26.7 Å². The first-order chi connectivity index (χ1) is 21.0. The number of hydrogen-bond acceptors (Lipinski definition) is 15. The van der Waals surface area contributed by atoms with Crippen molar-refractivity contribution in [2.24, 2.45) is 0 Å². The number of carbonyl (C=O) groups is 1. The number of carboxylic acid groups (broad SMARTS) is 1. The highest BCUT2D eigenvalue weighted by molar-refractivity contribution is 5.86. The zero-order valence-corrected chi connectivity index (χ0v) is 24.0. The largest absolute Gasteiger partial charge is 0.478 e. The van der Waals surface area contributed by atoms with Crippen LogP contribution >= 0.6 is 0 Å². The zero-order chi connectivity index (χ0) is 30.0. The van der Waals surface area contributed by atoms with Gasteiger partial charge in [-0.25, -0.2) is 24.7 Å². The molecule has 0 unspecified atom stereocenters. The molecule has 0 aliphatic carbocycles. The van der Waals surface area contributed by atoms with Crippen molar-refractivity contribution in [1.82, 2.24) is 70.7 Å². The fourth-order valence-electron chi connectivity index (χ4n) is 3.34. The molecule has 6 aromatic heterocycles. The number of hydrogen-bond donors (Lipinski definition) is 1. The van der Waals surface area contributed by atoms with Crippen molar-refractivity contribution in [2.75, 3.05) is 0 Å². The molecule has 0 fully saturated rings. The maximum Gasteiger partial charge on any atom is 0.338 e. The van der Waals surface area contributed by atoms with Crippen molar-refractivity contribution >= 4 is 22.8 Å². The van der Waals surface area contributed by atoms with Gasteiger partial charge in [0.2, 0.25) is 34.9 Å². The third-order valence-electron chi connectivity index (χ3n) is 5.75. The van der Waals surface area contributed by atoms with Crippen molar-refractivity contribution in [1.29, 1.82) is 0 Å². The van der Waals surface area contributed by atoms with Gasteiger partial charge in [-0.05, 0) is 42.2 Å². The van der Waals surface area contributed by atoms with E-state index in [2.05, 4.69) is 77.6 Å². The summed E-state index contributed by atoms with van der Waals surface area (Å²) in [5, 5.41) is 40.5. The summed E-state index contributed by atoms with van der Waals surface area (Å²) in [7, 11) is 0.